The summed E-state index contributed by atoms with van der Waals surface area (Å²) >= 11 is 0. The minimum absolute atomic E-state index is 0.627. The lowest BCUT2D eigenvalue weighted by atomic mass is 10.3. The van der Waals surface area contributed by atoms with Crippen LogP contribution in [0.3, 0.4) is 0 Å². The van der Waals surface area contributed by atoms with E-state index in [1.165, 1.54) is 0 Å². The zero-order valence-electron chi connectivity index (χ0n) is 5.94. The van der Waals surface area contributed by atoms with E-state index in [-0.39, 0.29) is 0 Å². The average Bonchev–Trinajstić information content (AvgIpc) is 1.62. The minimum Gasteiger partial charge on any atom is -0.372 e. The van der Waals surface area contributed by atoms with Crippen LogP contribution in [0.1, 0.15) is 13.8 Å². The van der Waals surface area contributed by atoms with E-state index in [1.54, 1.807) is 19.9 Å². The quantitative estimate of drug-likeness (QED) is 0.438. The van der Waals surface area contributed by atoms with E-state index >= 15 is 0 Å². The summed E-state index contributed by atoms with van der Waals surface area (Å²) in [5.41, 5.74) is -0.270. The highest BCUT2D eigenvalue weighted by Crippen LogP contribution is 1.98. The van der Waals surface area contributed by atoms with E-state index in [2.05, 4.69) is 18.5 Å². The minimum atomic E-state index is -0.898. The summed E-state index contributed by atoms with van der Waals surface area (Å²) in [6.07, 6.45) is 1.55. The van der Waals surface area contributed by atoms with Gasteiger partial charge in [-0.2, -0.15) is 0 Å². The lowest BCUT2D eigenvalue weighted by Gasteiger charge is -2.20. The third-order valence-electron chi connectivity index (χ3n) is 0.713. The van der Waals surface area contributed by atoms with Gasteiger partial charge in [0.25, 0.3) is 0 Å². The summed E-state index contributed by atoms with van der Waals surface area (Å²) in [5.74, 6) is 0. The number of hydrogen-bond acceptors (Lipinski definition) is 2. The second kappa shape index (κ2) is 2.69. The largest absolute Gasteiger partial charge is 0.372 e. The van der Waals surface area contributed by atoms with Crippen LogP contribution in [-0.2, 0) is 0 Å². The van der Waals surface area contributed by atoms with Crippen LogP contribution in [0.15, 0.2) is 24.9 Å². The van der Waals surface area contributed by atoms with E-state index < -0.39 is 5.72 Å². The molecule has 0 spiro atoms. The molecule has 0 aliphatic carbocycles. The predicted molar refractivity (Wildman–Crippen MR) is 38.8 cm³/mol. The summed E-state index contributed by atoms with van der Waals surface area (Å²) in [7, 11) is 0. The van der Waals surface area contributed by atoms with Crippen molar-refractivity contribution in [3.63, 3.8) is 0 Å². The van der Waals surface area contributed by atoms with E-state index in [9.17, 15) is 0 Å². The summed E-state index contributed by atoms with van der Waals surface area (Å²) in [6.45, 7) is 10.3. The normalized spacial score (nSPS) is 10.6. The average molecular weight is 127 g/mol. The molecule has 9 heavy (non-hydrogen) atoms. The molecule has 0 rings (SSSR count). The van der Waals surface area contributed by atoms with E-state index in [1.807, 2.05) is 0 Å². The van der Waals surface area contributed by atoms with Gasteiger partial charge in [0.05, 0.1) is 0 Å². The van der Waals surface area contributed by atoms with Gasteiger partial charge in [0, 0.05) is 5.70 Å². The van der Waals surface area contributed by atoms with Crippen LogP contribution in [0.4, 0.5) is 0 Å². The van der Waals surface area contributed by atoms with Gasteiger partial charge in [0.2, 0.25) is 0 Å². The molecule has 0 aliphatic rings. The van der Waals surface area contributed by atoms with Crippen LogP contribution in [-0.4, -0.2) is 10.8 Å². The highest BCUT2D eigenvalue weighted by atomic mass is 16.3. The molecule has 0 bridgehead atoms. The molecular formula is C7H13NO. The molecule has 2 N–H and O–H groups in total. The Labute approximate surface area is 55.9 Å². The molecule has 0 saturated carbocycles. The van der Waals surface area contributed by atoms with Crippen LogP contribution in [0, 0.1) is 0 Å². The molecule has 0 aliphatic heterocycles. The molecule has 0 aromatic rings. The van der Waals surface area contributed by atoms with E-state index in [0.717, 1.165) is 0 Å². The molecule has 0 radical (unpaired) electrons. The van der Waals surface area contributed by atoms with Crippen LogP contribution < -0.4 is 5.32 Å². The van der Waals surface area contributed by atoms with Gasteiger partial charge in [-0.05, 0) is 19.9 Å². The van der Waals surface area contributed by atoms with Gasteiger partial charge in [0.15, 0.2) is 0 Å². The van der Waals surface area contributed by atoms with Gasteiger partial charge in [0.1, 0.15) is 5.72 Å². The zero-order valence-corrected chi connectivity index (χ0v) is 5.94. The smallest absolute Gasteiger partial charge is 0.129 e. The predicted octanol–water partition coefficient (Wildman–Crippen LogP) is 1.00. The first-order valence-corrected chi connectivity index (χ1v) is 2.77. The topological polar surface area (TPSA) is 32.3 Å². The van der Waals surface area contributed by atoms with Gasteiger partial charge >= 0.3 is 0 Å². The van der Waals surface area contributed by atoms with Gasteiger partial charge in [-0.15, -0.1) is 0 Å². The molecule has 0 saturated heterocycles. The maximum Gasteiger partial charge on any atom is 0.129 e. The fourth-order valence-corrected chi connectivity index (χ4v) is 0.444. The molecule has 0 fully saturated rings. The van der Waals surface area contributed by atoms with Crippen molar-refractivity contribution in [2.45, 2.75) is 19.6 Å². The Morgan fingerprint density at radius 1 is 1.67 bits per heavy atom. The molecule has 0 amide bonds. The Bertz CT molecular complexity index is 121. The van der Waals surface area contributed by atoms with Crippen LogP contribution in [0.5, 0.6) is 0 Å². The van der Waals surface area contributed by atoms with Gasteiger partial charge < -0.3 is 10.4 Å². The number of rotatable bonds is 3. The van der Waals surface area contributed by atoms with Crippen molar-refractivity contribution in [1.29, 1.82) is 0 Å². The van der Waals surface area contributed by atoms with Crippen molar-refractivity contribution >= 4 is 0 Å². The van der Waals surface area contributed by atoms with Crippen LogP contribution in [0.25, 0.3) is 0 Å². The maximum absolute atomic E-state index is 9.10. The van der Waals surface area contributed by atoms with Gasteiger partial charge in [-0.25, -0.2) is 0 Å². The highest BCUT2D eigenvalue weighted by Gasteiger charge is 2.09. The van der Waals surface area contributed by atoms with Gasteiger partial charge in [-0.3, -0.25) is 0 Å². The third kappa shape index (κ3) is 5.11. The first kappa shape index (κ1) is 8.24. The summed E-state index contributed by atoms with van der Waals surface area (Å²) in [6, 6.07) is 0. The molecule has 2 heteroatoms. The second-order valence-corrected chi connectivity index (χ2v) is 2.41. The molecule has 52 valence electrons. The van der Waals surface area contributed by atoms with Crippen molar-refractivity contribution in [3.8, 4) is 0 Å². The Balaban J connectivity index is 3.74. The summed E-state index contributed by atoms with van der Waals surface area (Å²) < 4.78 is 0. The fraction of sp³-hybridized carbons (Fsp3) is 0.429. The van der Waals surface area contributed by atoms with Crippen LogP contribution in [0.2, 0.25) is 0 Å². The molecular weight excluding hydrogens is 114 g/mol. The zero-order chi connectivity index (χ0) is 7.49. The molecule has 0 aromatic carbocycles. The van der Waals surface area contributed by atoms with Crippen molar-refractivity contribution in [2.75, 3.05) is 0 Å². The molecule has 2 nitrogen and oxygen atoms in total. The third-order valence-corrected chi connectivity index (χ3v) is 0.713. The number of nitrogens with one attached hydrogen (secondary N) is 1. The number of aliphatic hydroxyl groups is 1. The van der Waals surface area contributed by atoms with Crippen molar-refractivity contribution in [3.05, 3.63) is 24.9 Å². The number of allylic oxidation sites excluding steroid dienone is 1. The molecule has 0 heterocycles. The molecule has 0 atom stereocenters. The Hall–Kier alpha value is -0.760. The van der Waals surface area contributed by atoms with Crippen molar-refractivity contribution in [1.82, 2.24) is 5.32 Å². The fourth-order valence-electron chi connectivity index (χ4n) is 0.444. The van der Waals surface area contributed by atoms with Crippen LogP contribution >= 0.6 is 0 Å². The first-order chi connectivity index (χ1) is 3.95. The highest BCUT2D eigenvalue weighted by molar-refractivity contribution is 5.09. The Kier molecular flexibility index (Phi) is 2.46. The maximum atomic E-state index is 9.10. The second-order valence-electron chi connectivity index (χ2n) is 2.41. The van der Waals surface area contributed by atoms with Gasteiger partial charge in [-0.1, -0.05) is 13.2 Å². The molecule has 0 unspecified atom stereocenters. The number of hydrogen-bond donors (Lipinski definition) is 2. The lowest BCUT2D eigenvalue weighted by molar-refractivity contribution is 0.0559. The summed E-state index contributed by atoms with van der Waals surface area (Å²) in [5, 5.41) is 11.8. The Morgan fingerprint density at radius 3 is 2.22 bits per heavy atom. The van der Waals surface area contributed by atoms with E-state index in [4.69, 9.17) is 5.11 Å². The summed E-state index contributed by atoms with van der Waals surface area (Å²) in [4.78, 5) is 0. The molecule has 0 aromatic heterocycles. The standard InChI is InChI=1S/C7H13NO/c1-5-6(2)8-7(3,4)9/h5,8-9H,1-2H2,3-4H3. The lowest BCUT2D eigenvalue weighted by Crippen LogP contribution is -2.37. The van der Waals surface area contributed by atoms with E-state index in [0.29, 0.717) is 5.70 Å². The SMILES string of the molecule is C=CC(=C)NC(C)(C)O. The van der Waals surface area contributed by atoms with Crippen molar-refractivity contribution in [2.24, 2.45) is 0 Å². The Morgan fingerprint density at radius 2 is 2.11 bits per heavy atom. The monoisotopic (exact) mass is 127 g/mol. The first-order valence-electron chi connectivity index (χ1n) is 2.77. The van der Waals surface area contributed by atoms with Crippen molar-refractivity contribution < 1.29 is 5.11 Å².